The summed E-state index contributed by atoms with van der Waals surface area (Å²) in [7, 11) is 0. The zero-order valence-electron chi connectivity index (χ0n) is 18.9. The van der Waals surface area contributed by atoms with Crippen LogP contribution in [0, 0.1) is 5.92 Å². The minimum absolute atomic E-state index is 0.0299. The molecule has 1 saturated carbocycles. The zero-order valence-corrected chi connectivity index (χ0v) is 19.6. The summed E-state index contributed by atoms with van der Waals surface area (Å²) in [6.45, 7) is 2.30. The first kappa shape index (κ1) is 22.4. The van der Waals surface area contributed by atoms with Gasteiger partial charge in [0.15, 0.2) is 0 Å². The van der Waals surface area contributed by atoms with Gasteiger partial charge in [-0.2, -0.15) is 0 Å². The summed E-state index contributed by atoms with van der Waals surface area (Å²) in [6.07, 6.45) is 5.04. The lowest BCUT2D eigenvalue weighted by Gasteiger charge is -2.47. The summed E-state index contributed by atoms with van der Waals surface area (Å²) >= 11 is 6.11. The van der Waals surface area contributed by atoms with E-state index in [-0.39, 0.29) is 23.7 Å². The Hall–Kier alpha value is -2.37. The second-order valence-corrected chi connectivity index (χ2v) is 10.4. The molecule has 2 aromatic carbocycles. The predicted octanol–water partition coefficient (Wildman–Crippen LogP) is 4.62. The molecule has 6 heteroatoms. The molecule has 0 spiro atoms. The first-order chi connectivity index (χ1) is 15.9. The van der Waals surface area contributed by atoms with Crippen LogP contribution in [-0.4, -0.2) is 52.0 Å². The highest BCUT2D eigenvalue weighted by atomic mass is 35.5. The number of benzene rings is 2. The first-order valence-electron chi connectivity index (χ1n) is 12.1. The van der Waals surface area contributed by atoms with E-state index in [2.05, 4.69) is 0 Å². The molecule has 5 nitrogen and oxygen atoms in total. The van der Waals surface area contributed by atoms with Gasteiger partial charge in [0.05, 0.1) is 5.60 Å². The fourth-order valence-corrected chi connectivity index (χ4v) is 6.01. The summed E-state index contributed by atoms with van der Waals surface area (Å²) in [5.74, 6) is 0.196. The Kier molecular flexibility index (Phi) is 6.19. The highest BCUT2D eigenvalue weighted by Crippen LogP contribution is 2.40. The van der Waals surface area contributed by atoms with Gasteiger partial charge in [-0.25, -0.2) is 0 Å². The quantitative estimate of drug-likeness (QED) is 0.699. The lowest BCUT2D eigenvalue weighted by molar-refractivity contribution is -0.143. The Labute approximate surface area is 200 Å². The number of hydrogen-bond donors (Lipinski definition) is 1. The second-order valence-electron chi connectivity index (χ2n) is 9.93. The average molecular weight is 467 g/mol. The Bertz CT molecular complexity index is 1040. The molecule has 0 aromatic heterocycles. The largest absolute Gasteiger partial charge is 0.389 e. The van der Waals surface area contributed by atoms with Gasteiger partial charge in [0.25, 0.3) is 5.91 Å². The number of fused-ring (bicyclic) bond motifs is 2. The van der Waals surface area contributed by atoms with Gasteiger partial charge in [-0.15, -0.1) is 0 Å². The minimum atomic E-state index is -0.599. The third-order valence-corrected chi connectivity index (χ3v) is 8.13. The van der Waals surface area contributed by atoms with Crippen molar-refractivity contribution in [3.63, 3.8) is 0 Å². The number of aliphatic hydroxyl groups is 1. The van der Waals surface area contributed by atoms with Crippen LogP contribution in [-0.2, 0) is 11.3 Å². The molecule has 3 unspecified atom stereocenters. The SMILES string of the molecule is O=C(CC(CN1Cc2ccccc2C1=O)c1ccc(Cl)cc1)N1CCC2(O)CCCCC2C1. The van der Waals surface area contributed by atoms with E-state index < -0.39 is 5.60 Å². The van der Waals surface area contributed by atoms with Crippen LogP contribution >= 0.6 is 11.6 Å². The highest BCUT2D eigenvalue weighted by molar-refractivity contribution is 6.30. The second kappa shape index (κ2) is 9.11. The summed E-state index contributed by atoms with van der Waals surface area (Å²) < 4.78 is 0. The van der Waals surface area contributed by atoms with Crippen LogP contribution in [0.3, 0.4) is 0 Å². The topological polar surface area (TPSA) is 60.9 Å². The summed E-state index contributed by atoms with van der Waals surface area (Å²) in [5.41, 5.74) is 2.21. The molecule has 2 amide bonds. The predicted molar refractivity (Wildman–Crippen MR) is 128 cm³/mol. The van der Waals surface area contributed by atoms with E-state index in [4.69, 9.17) is 11.6 Å². The average Bonchev–Trinajstić information content (AvgIpc) is 3.14. The number of amides is 2. The third-order valence-electron chi connectivity index (χ3n) is 7.88. The molecule has 3 atom stereocenters. The zero-order chi connectivity index (χ0) is 23.0. The summed E-state index contributed by atoms with van der Waals surface area (Å²) in [4.78, 5) is 30.2. The van der Waals surface area contributed by atoms with Crippen LogP contribution < -0.4 is 0 Å². The van der Waals surface area contributed by atoms with Crippen molar-refractivity contribution in [2.75, 3.05) is 19.6 Å². The Morgan fingerprint density at radius 2 is 1.91 bits per heavy atom. The van der Waals surface area contributed by atoms with Crippen molar-refractivity contribution in [2.24, 2.45) is 5.92 Å². The molecular weight excluding hydrogens is 436 g/mol. The van der Waals surface area contributed by atoms with Crippen LogP contribution in [0.15, 0.2) is 48.5 Å². The van der Waals surface area contributed by atoms with Crippen LogP contribution in [0.4, 0.5) is 0 Å². The molecule has 5 rings (SSSR count). The van der Waals surface area contributed by atoms with Gasteiger partial charge in [0, 0.05) is 55.0 Å². The van der Waals surface area contributed by atoms with E-state index in [1.807, 2.05) is 58.3 Å². The fraction of sp³-hybridized carbons (Fsp3) is 0.481. The normalized spacial score (nSPS) is 25.5. The molecule has 1 saturated heterocycles. The maximum atomic E-state index is 13.4. The summed E-state index contributed by atoms with van der Waals surface area (Å²) in [6, 6.07) is 15.3. The molecule has 2 fully saturated rings. The van der Waals surface area contributed by atoms with Gasteiger partial charge in [0.2, 0.25) is 5.91 Å². The van der Waals surface area contributed by atoms with Gasteiger partial charge >= 0.3 is 0 Å². The number of carbonyl (C=O) groups excluding carboxylic acids is 2. The van der Waals surface area contributed by atoms with Gasteiger partial charge in [-0.05, 0) is 48.6 Å². The molecule has 2 aromatic rings. The highest BCUT2D eigenvalue weighted by Gasteiger charge is 2.44. The van der Waals surface area contributed by atoms with E-state index in [1.165, 1.54) is 0 Å². The third kappa shape index (κ3) is 4.53. The first-order valence-corrected chi connectivity index (χ1v) is 12.4. The van der Waals surface area contributed by atoms with Crippen molar-refractivity contribution in [2.45, 2.75) is 56.6 Å². The van der Waals surface area contributed by atoms with Crippen molar-refractivity contribution >= 4 is 23.4 Å². The molecule has 0 radical (unpaired) electrons. The molecule has 1 N–H and O–H groups in total. The fourth-order valence-electron chi connectivity index (χ4n) is 5.89. The summed E-state index contributed by atoms with van der Waals surface area (Å²) in [5, 5.41) is 11.6. The van der Waals surface area contributed by atoms with Crippen LogP contribution in [0.5, 0.6) is 0 Å². The number of piperidine rings is 1. The molecular formula is C27H31ClN2O3. The van der Waals surface area contributed by atoms with Crippen molar-refractivity contribution in [3.05, 3.63) is 70.2 Å². The van der Waals surface area contributed by atoms with Crippen LogP contribution in [0.1, 0.15) is 65.9 Å². The minimum Gasteiger partial charge on any atom is -0.389 e. The Balaban J connectivity index is 1.32. The number of likely N-dealkylation sites (tertiary alicyclic amines) is 1. The molecule has 2 aliphatic heterocycles. The Morgan fingerprint density at radius 3 is 2.70 bits per heavy atom. The van der Waals surface area contributed by atoms with Gasteiger partial charge in [0.1, 0.15) is 0 Å². The number of rotatable bonds is 5. The number of nitrogens with zero attached hydrogens (tertiary/aromatic N) is 2. The van der Waals surface area contributed by atoms with Crippen molar-refractivity contribution in [1.29, 1.82) is 0 Å². The van der Waals surface area contributed by atoms with E-state index >= 15 is 0 Å². The van der Waals surface area contributed by atoms with E-state index in [0.717, 1.165) is 42.4 Å². The van der Waals surface area contributed by atoms with E-state index in [1.54, 1.807) is 0 Å². The number of halogens is 1. The molecule has 33 heavy (non-hydrogen) atoms. The smallest absolute Gasteiger partial charge is 0.254 e. The molecule has 174 valence electrons. The van der Waals surface area contributed by atoms with E-state index in [9.17, 15) is 14.7 Å². The van der Waals surface area contributed by atoms with Crippen molar-refractivity contribution in [1.82, 2.24) is 9.80 Å². The van der Waals surface area contributed by atoms with Crippen molar-refractivity contribution in [3.8, 4) is 0 Å². The maximum Gasteiger partial charge on any atom is 0.254 e. The lowest BCUT2D eigenvalue weighted by Crippen LogP contribution is -2.54. The van der Waals surface area contributed by atoms with Gasteiger partial charge < -0.3 is 14.9 Å². The molecule has 0 bridgehead atoms. The molecule has 3 aliphatic rings. The molecule has 1 aliphatic carbocycles. The Morgan fingerprint density at radius 1 is 1.12 bits per heavy atom. The van der Waals surface area contributed by atoms with Crippen LogP contribution in [0.2, 0.25) is 5.02 Å². The van der Waals surface area contributed by atoms with Gasteiger partial charge in [-0.1, -0.05) is 54.8 Å². The number of carbonyl (C=O) groups is 2. The van der Waals surface area contributed by atoms with Crippen LogP contribution in [0.25, 0.3) is 0 Å². The van der Waals surface area contributed by atoms with Gasteiger partial charge in [-0.3, -0.25) is 9.59 Å². The lowest BCUT2D eigenvalue weighted by atomic mass is 9.71. The van der Waals surface area contributed by atoms with E-state index in [0.29, 0.717) is 44.0 Å². The number of hydrogen-bond acceptors (Lipinski definition) is 3. The standard InChI is InChI=1S/C27H31ClN2O3/c28-23-10-8-19(9-11-23)21(17-30-16-20-5-1-2-7-24(20)26(30)32)15-25(31)29-14-13-27(33)12-4-3-6-22(27)18-29/h1-2,5,7-11,21-22,33H,3-4,6,12-18H2. The van der Waals surface area contributed by atoms with Crippen molar-refractivity contribution < 1.29 is 14.7 Å². The monoisotopic (exact) mass is 466 g/mol. The molecule has 2 heterocycles. The maximum absolute atomic E-state index is 13.4.